The van der Waals surface area contributed by atoms with E-state index < -0.39 is 18.0 Å². The Kier molecular flexibility index (Phi) is 4.94. The third kappa shape index (κ3) is 3.72. The Morgan fingerprint density at radius 1 is 1.42 bits per heavy atom. The number of rotatable bonds is 5. The van der Waals surface area contributed by atoms with Crippen LogP contribution in [0.25, 0.3) is 0 Å². The SMILES string of the molecule is C=C(C(=O)O)C(OC(C)=O)c1cc(Cl)ccc1OC. The highest BCUT2D eigenvalue weighted by molar-refractivity contribution is 6.30. The van der Waals surface area contributed by atoms with E-state index in [0.717, 1.165) is 0 Å². The maximum Gasteiger partial charge on any atom is 0.335 e. The Labute approximate surface area is 115 Å². The lowest BCUT2D eigenvalue weighted by molar-refractivity contribution is -0.146. The van der Waals surface area contributed by atoms with Crippen molar-refractivity contribution >= 4 is 23.5 Å². The zero-order valence-corrected chi connectivity index (χ0v) is 11.2. The number of carboxylic acids is 1. The smallest absolute Gasteiger partial charge is 0.335 e. The molecule has 0 aliphatic heterocycles. The summed E-state index contributed by atoms with van der Waals surface area (Å²) in [6, 6.07) is 4.61. The quantitative estimate of drug-likeness (QED) is 0.664. The van der Waals surface area contributed by atoms with Crippen molar-refractivity contribution in [3.8, 4) is 5.75 Å². The Hall–Kier alpha value is -2.01. The molecule has 0 bridgehead atoms. The molecule has 0 aliphatic rings. The van der Waals surface area contributed by atoms with Crippen LogP contribution in [0, 0.1) is 0 Å². The molecule has 0 amide bonds. The van der Waals surface area contributed by atoms with Crippen molar-refractivity contribution in [2.45, 2.75) is 13.0 Å². The first-order valence-corrected chi connectivity index (χ1v) is 5.67. The van der Waals surface area contributed by atoms with Crippen molar-refractivity contribution in [1.29, 1.82) is 0 Å². The standard InChI is InChI=1S/C13H13ClO5/c1-7(13(16)17)12(19-8(2)15)10-6-9(14)4-5-11(10)18-3/h4-6,12H,1H2,2-3H3,(H,16,17). The Bertz CT molecular complexity index is 524. The second kappa shape index (κ2) is 6.24. The summed E-state index contributed by atoms with van der Waals surface area (Å²) in [6.07, 6.45) is -1.15. The molecule has 6 heteroatoms. The van der Waals surface area contributed by atoms with Crippen LogP contribution < -0.4 is 4.74 Å². The summed E-state index contributed by atoms with van der Waals surface area (Å²) in [5.41, 5.74) is 0.0494. The highest BCUT2D eigenvalue weighted by Gasteiger charge is 2.26. The van der Waals surface area contributed by atoms with Crippen LogP contribution in [0.3, 0.4) is 0 Å². The van der Waals surface area contributed by atoms with Gasteiger partial charge in [0.05, 0.1) is 12.7 Å². The summed E-state index contributed by atoms with van der Waals surface area (Å²) in [5.74, 6) is -1.54. The van der Waals surface area contributed by atoms with E-state index in [-0.39, 0.29) is 5.57 Å². The number of carboxylic acid groups (broad SMARTS) is 1. The number of carbonyl (C=O) groups is 2. The topological polar surface area (TPSA) is 72.8 Å². The number of hydrogen-bond acceptors (Lipinski definition) is 4. The van der Waals surface area contributed by atoms with Crippen molar-refractivity contribution in [2.24, 2.45) is 0 Å². The lowest BCUT2D eigenvalue weighted by Gasteiger charge is -2.20. The summed E-state index contributed by atoms with van der Waals surface area (Å²) in [6.45, 7) is 4.59. The minimum absolute atomic E-state index is 0.282. The van der Waals surface area contributed by atoms with Crippen molar-refractivity contribution in [2.75, 3.05) is 7.11 Å². The molecule has 0 radical (unpaired) electrons. The van der Waals surface area contributed by atoms with Crippen LogP contribution in [0.2, 0.25) is 5.02 Å². The van der Waals surface area contributed by atoms with Crippen LogP contribution in [-0.4, -0.2) is 24.2 Å². The summed E-state index contributed by atoms with van der Waals surface area (Å²) >= 11 is 5.87. The minimum Gasteiger partial charge on any atom is -0.496 e. The molecule has 19 heavy (non-hydrogen) atoms. The van der Waals surface area contributed by atoms with E-state index in [9.17, 15) is 9.59 Å². The largest absolute Gasteiger partial charge is 0.496 e. The fraction of sp³-hybridized carbons (Fsp3) is 0.231. The first-order chi connectivity index (χ1) is 8.86. The molecule has 0 heterocycles. The molecule has 1 aromatic rings. The van der Waals surface area contributed by atoms with E-state index in [1.807, 2.05) is 0 Å². The zero-order valence-electron chi connectivity index (χ0n) is 10.5. The van der Waals surface area contributed by atoms with Gasteiger partial charge >= 0.3 is 11.9 Å². The van der Waals surface area contributed by atoms with E-state index in [1.54, 1.807) is 12.1 Å². The molecule has 0 saturated heterocycles. The maximum absolute atomic E-state index is 11.1. The normalized spacial score (nSPS) is 11.5. The molecular weight excluding hydrogens is 272 g/mol. The van der Waals surface area contributed by atoms with Crippen LogP contribution in [0.5, 0.6) is 5.75 Å². The van der Waals surface area contributed by atoms with Crippen LogP contribution >= 0.6 is 11.6 Å². The molecule has 0 aliphatic carbocycles. The maximum atomic E-state index is 11.1. The zero-order chi connectivity index (χ0) is 14.6. The van der Waals surface area contributed by atoms with Crippen LogP contribution in [-0.2, 0) is 14.3 Å². The first-order valence-electron chi connectivity index (χ1n) is 5.29. The molecular formula is C13H13ClO5. The number of hydrogen-bond donors (Lipinski definition) is 1. The number of esters is 1. The van der Waals surface area contributed by atoms with Gasteiger partial charge in [0.15, 0.2) is 6.10 Å². The average Bonchev–Trinajstić information content (AvgIpc) is 2.34. The van der Waals surface area contributed by atoms with Gasteiger partial charge in [-0.3, -0.25) is 4.79 Å². The van der Waals surface area contributed by atoms with Gasteiger partial charge in [-0.1, -0.05) is 18.2 Å². The van der Waals surface area contributed by atoms with E-state index in [4.69, 9.17) is 26.2 Å². The summed E-state index contributed by atoms with van der Waals surface area (Å²) < 4.78 is 10.1. The van der Waals surface area contributed by atoms with Crippen LogP contribution in [0.4, 0.5) is 0 Å². The second-order valence-corrected chi connectivity index (χ2v) is 4.14. The van der Waals surface area contributed by atoms with Gasteiger partial charge in [0.25, 0.3) is 0 Å². The third-order valence-corrected chi connectivity index (χ3v) is 2.58. The molecule has 1 unspecified atom stereocenters. The molecule has 1 rings (SSSR count). The second-order valence-electron chi connectivity index (χ2n) is 3.71. The van der Waals surface area contributed by atoms with Gasteiger partial charge in [-0.15, -0.1) is 0 Å². The fourth-order valence-corrected chi connectivity index (χ4v) is 1.69. The van der Waals surface area contributed by atoms with Gasteiger partial charge in [-0.05, 0) is 18.2 Å². The van der Waals surface area contributed by atoms with Crippen molar-refractivity contribution in [1.82, 2.24) is 0 Å². The first kappa shape index (κ1) is 15.0. The van der Waals surface area contributed by atoms with Gasteiger partial charge in [-0.25, -0.2) is 4.79 Å². The number of ether oxygens (including phenoxy) is 2. The average molecular weight is 285 g/mol. The highest BCUT2D eigenvalue weighted by atomic mass is 35.5. The molecule has 0 aromatic heterocycles. The number of benzene rings is 1. The van der Waals surface area contributed by atoms with E-state index in [0.29, 0.717) is 16.3 Å². The predicted octanol–water partition coefficient (Wildman–Crippen LogP) is 2.59. The number of aliphatic carboxylic acids is 1. The monoisotopic (exact) mass is 284 g/mol. The van der Waals surface area contributed by atoms with Crippen molar-refractivity contribution < 1.29 is 24.2 Å². The van der Waals surface area contributed by atoms with Gasteiger partial charge < -0.3 is 14.6 Å². The third-order valence-electron chi connectivity index (χ3n) is 2.35. The molecule has 1 atom stereocenters. The van der Waals surface area contributed by atoms with Gasteiger partial charge in [0.1, 0.15) is 5.75 Å². The molecule has 1 N–H and O–H groups in total. The fourth-order valence-electron chi connectivity index (χ4n) is 1.51. The molecule has 0 spiro atoms. The van der Waals surface area contributed by atoms with Crippen LogP contribution in [0.1, 0.15) is 18.6 Å². The van der Waals surface area contributed by atoms with E-state index >= 15 is 0 Å². The van der Waals surface area contributed by atoms with Gasteiger partial charge in [0, 0.05) is 17.5 Å². The molecule has 1 aromatic carbocycles. The Balaban J connectivity index is 3.31. The van der Waals surface area contributed by atoms with Crippen molar-refractivity contribution in [3.63, 3.8) is 0 Å². The minimum atomic E-state index is -1.27. The summed E-state index contributed by atoms with van der Waals surface area (Å²) in [5, 5.41) is 9.36. The Morgan fingerprint density at radius 2 is 2.05 bits per heavy atom. The lowest BCUT2D eigenvalue weighted by Crippen LogP contribution is -2.16. The lowest BCUT2D eigenvalue weighted by atomic mass is 10.0. The van der Waals surface area contributed by atoms with Crippen molar-refractivity contribution in [3.05, 3.63) is 40.9 Å². The molecule has 0 fully saturated rings. The van der Waals surface area contributed by atoms with E-state index in [2.05, 4.69) is 6.58 Å². The molecule has 0 saturated carbocycles. The summed E-state index contributed by atoms with van der Waals surface area (Å²) in [7, 11) is 1.42. The van der Waals surface area contributed by atoms with Gasteiger partial charge in [0.2, 0.25) is 0 Å². The highest BCUT2D eigenvalue weighted by Crippen LogP contribution is 2.34. The molecule has 102 valence electrons. The molecule has 5 nitrogen and oxygen atoms in total. The van der Waals surface area contributed by atoms with Gasteiger partial charge in [-0.2, -0.15) is 0 Å². The predicted molar refractivity (Wildman–Crippen MR) is 69.3 cm³/mol. The van der Waals surface area contributed by atoms with Crippen LogP contribution in [0.15, 0.2) is 30.4 Å². The number of halogens is 1. The Morgan fingerprint density at radius 3 is 2.53 bits per heavy atom. The van der Waals surface area contributed by atoms with E-state index in [1.165, 1.54) is 20.1 Å². The number of carbonyl (C=O) groups excluding carboxylic acids is 1. The summed E-state index contributed by atoms with van der Waals surface area (Å²) in [4.78, 5) is 22.1. The number of methoxy groups -OCH3 is 1.